The first kappa shape index (κ1) is 15.7. The zero-order valence-corrected chi connectivity index (χ0v) is 12.6. The Morgan fingerprint density at radius 2 is 2.14 bits per heavy atom. The quantitative estimate of drug-likeness (QED) is 0.818. The SMILES string of the molecule is CCn1nccc1CN(C)C(=O)CCn1cc(C(=O)O)cn1. The third-order valence-electron chi connectivity index (χ3n) is 3.36. The Balaban J connectivity index is 1.87. The molecule has 0 aromatic carbocycles. The third kappa shape index (κ3) is 3.72. The van der Waals surface area contributed by atoms with Gasteiger partial charge in [-0.15, -0.1) is 0 Å². The second-order valence-corrected chi connectivity index (χ2v) is 4.94. The molecule has 2 rings (SSSR count). The lowest BCUT2D eigenvalue weighted by Crippen LogP contribution is -2.28. The van der Waals surface area contributed by atoms with Crippen LogP contribution in [0.3, 0.4) is 0 Å². The summed E-state index contributed by atoms with van der Waals surface area (Å²) in [5, 5.41) is 16.9. The van der Waals surface area contributed by atoms with Crippen LogP contribution < -0.4 is 0 Å². The van der Waals surface area contributed by atoms with E-state index in [0.717, 1.165) is 12.2 Å². The van der Waals surface area contributed by atoms with Crippen molar-refractivity contribution in [3.05, 3.63) is 35.9 Å². The van der Waals surface area contributed by atoms with Crippen molar-refractivity contribution < 1.29 is 14.7 Å². The molecule has 8 nitrogen and oxygen atoms in total. The topological polar surface area (TPSA) is 93.2 Å². The number of carboxylic acids is 1. The predicted octanol–water partition coefficient (Wildman–Crippen LogP) is 0.846. The van der Waals surface area contributed by atoms with E-state index in [1.54, 1.807) is 18.1 Å². The number of aromatic nitrogens is 4. The van der Waals surface area contributed by atoms with Crippen molar-refractivity contribution in [3.8, 4) is 0 Å². The molecular formula is C14H19N5O3. The molecule has 0 radical (unpaired) electrons. The maximum Gasteiger partial charge on any atom is 0.338 e. The molecule has 0 atom stereocenters. The van der Waals surface area contributed by atoms with Crippen LogP contribution in [0.1, 0.15) is 29.4 Å². The van der Waals surface area contributed by atoms with E-state index >= 15 is 0 Å². The van der Waals surface area contributed by atoms with Crippen LogP contribution in [0.4, 0.5) is 0 Å². The van der Waals surface area contributed by atoms with Crippen LogP contribution in [0, 0.1) is 0 Å². The van der Waals surface area contributed by atoms with Crippen molar-refractivity contribution >= 4 is 11.9 Å². The second kappa shape index (κ2) is 6.88. The van der Waals surface area contributed by atoms with Gasteiger partial charge in [-0.3, -0.25) is 14.2 Å². The largest absolute Gasteiger partial charge is 0.478 e. The van der Waals surface area contributed by atoms with Crippen molar-refractivity contribution in [2.45, 2.75) is 33.0 Å². The van der Waals surface area contributed by atoms with Gasteiger partial charge in [0.2, 0.25) is 5.91 Å². The molecule has 2 aromatic rings. The molecule has 0 spiro atoms. The highest BCUT2D eigenvalue weighted by Gasteiger charge is 2.13. The zero-order chi connectivity index (χ0) is 16.1. The minimum absolute atomic E-state index is 0.0313. The summed E-state index contributed by atoms with van der Waals surface area (Å²) in [6.45, 7) is 3.60. The Hall–Kier alpha value is -2.64. The zero-order valence-electron chi connectivity index (χ0n) is 12.6. The van der Waals surface area contributed by atoms with Crippen molar-refractivity contribution in [3.63, 3.8) is 0 Å². The molecule has 0 saturated heterocycles. The van der Waals surface area contributed by atoms with Gasteiger partial charge in [0.15, 0.2) is 0 Å². The fraction of sp³-hybridized carbons (Fsp3) is 0.429. The second-order valence-electron chi connectivity index (χ2n) is 4.94. The number of carboxylic acid groups (broad SMARTS) is 1. The van der Waals surface area contributed by atoms with Crippen LogP contribution in [0.2, 0.25) is 0 Å². The molecule has 0 saturated carbocycles. The molecule has 22 heavy (non-hydrogen) atoms. The van der Waals surface area contributed by atoms with Crippen LogP contribution in [0.5, 0.6) is 0 Å². The fourth-order valence-corrected chi connectivity index (χ4v) is 2.11. The van der Waals surface area contributed by atoms with Crippen LogP contribution in [-0.4, -0.2) is 48.5 Å². The first-order chi connectivity index (χ1) is 10.5. The van der Waals surface area contributed by atoms with Crippen molar-refractivity contribution in [1.29, 1.82) is 0 Å². The van der Waals surface area contributed by atoms with Crippen molar-refractivity contribution in [2.75, 3.05) is 7.05 Å². The van der Waals surface area contributed by atoms with Gasteiger partial charge in [-0.2, -0.15) is 10.2 Å². The maximum absolute atomic E-state index is 12.1. The first-order valence-corrected chi connectivity index (χ1v) is 7.01. The average Bonchev–Trinajstić information content (AvgIpc) is 3.13. The molecule has 0 aliphatic carbocycles. The maximum atomic E-state index is 12.1. The van der Waals surface area contributed by atoms with Gasteiger partial charge in [0.1, 0.15) is 0 Å². The van der Waals surface area contributed by atoms with Gasteiger partial charge in [0.25, 0.3) is 0 Å². The summed E-state index contributed by atoms with van der Waals surface area (Å²) in [6.07, 6.45) is 4.67. The molecule has 0 bridgehead atoms. The van der Waals surface area contributed by atoms with E-state index < -0.39 is 5.97 Å². The van der Waals surface area contributed by atoms with E-state index in [4.69, 9.17) is 5.11 Å². The summed E-state index contributed by atoms with van der Waals surface area (Å²) in [5.41, 5.74) is 1.10. The van der Waals surface area contributed by atoms with Crippen LogP contribution >= 0.6 is 0 Å². The molecule has 118 valence electrons. The smallest absolute Gasteiger partial charge is 0.338 e. The number of rotatable bonds is 7. The van der Waals surface area contributed by atoms with E-state index in [1.807, 2.05) is 17.7 Å². The summed E-state index contributed by atoms with van der Waals surface area (Å²) in [6, 6.07) is 1.89. The number of aromatic carboxylic acids is 1. The third-order valence-corrected chi connectivity index (χ3v) is 3.36. The van der Waals surface area contributed by atoms with Gasteiger partial charge in [-0.05, 0) is 13.0 Å². The lowest BCUT2D eigenvalue weighted by atomic mass is 10.3. The molecule has 0 aliphatic rings. The van der Waals surface area contributed by atoms with Gasteiger partial charge in [-0.1, -0.05) is 0 Å². The lowest BCUT2D eigenvalue weighted by Gasteiger charge is -2.17. The molecule has 1 amide bonds. The van der Waals surface area contributed by atoms with Crippen molar-refractivity contribution in [1.82, 2.24) is 24.5 Å². The predicted molar refractivity (Wildman–Crippen MR) is 78.2 cm³/mol. The van der Waals surface area contributed by atoms with E-state index in [9.17, 15) is 9.59 Å². The Kier molecular flexibility index (Phi) is 4.92. The fourth-order valence-electron chi connectivity index (χ4n) is 2.11. The summed E-state index contributed by atoms with van der Waals surface area (Å²) in [7, 11) is 1.74. The van der Waals surface area contributed by atoms with Gasteiger partial charge in [-0.25, -0.2) is 4.79 Å². The Bertz CT molecular complexity index is 661. The molecule has 1 N–H and O–H groups in total. The monoisotopic (exact) mass is 305 g/mol. The summed E-state index contributed by atoms with van der Waals surface area (Å²) in [5.74, 6) is -1.06. The number of aryl methyl sites for hydroxylation is 2. The minimum atomic E-state index is -1.03. The van der Waals surface area contributed by atoms with E-state index in [1.165, 1.54) is 17.1 Å². The summed E-state index contributed by atoms with van der Waals surface area (Å²) in [4.78, 5) is 24.5. The molecule has 0 unspecified atom stereocenters. The molecule has 0 aliphatic heterocycles. The number of amides is 1. The van der Waals surface area contributed by atoms with Gasteiger partial charge in [0, 0.05) is 39.0 Å². The number of hydrogen-bond acceptors (Lipinski definition) is 4. The highest BCUT2D eigenvalue weighted by atomic mass is 16.4. The van der Waals surface area contributed by atoms with Gasteiger partial charge >= 0.3 is 5.97 Å². The number of hydrogen-bond donors (Lipinski definition) is 1. The molecule has 2 aromatic heterocycles. The lowest BCUT2D eigenvalue weighted by molar-refractivity contribution is -0.130. The molecular weight excluding hydrogens is 286 g/mol. The van der Waals surface area contributed by atoms with E-state index in [2.05, 4.69) is 10.2 Å². The Labute approximate surface area is 127 Å². The Morgan fingerprint density at radius 3 is 2.77 bits per heavy atom. The normalized spacial score (nSPS) is 10.6. The molecule has 2 heterocycles. The van der Waals surface area contributed by atoms with Crippen LogP contribution in [0.25, 0.3) is 0 Å². The highest BCUT2D eigenvalue weighted by Crippen LogP contribution is 2.05. The number of carbonyl (C=O) groups is 2. The first-order valence-electron chi connectivity index (χ1n) is 7.01. The average molecular weight is 305 g/mol. The number of nitrogens with zero attached hydrogens (tertiary/aromatic N) is 5. The van der Waals surface area contributed by atoms with Gasteiger partial charge in [0.05, 0.1) is 24.0 Å². The van der Waals surface area contributed by atoms with Gasteiger partial charge < -0.3 is 10.0 Å². The van der Waals surface area contributed by atoms with Crippen LogP contribution in [-0.2, 0) is 24.4 Å². The van der Waals surface area contributed by atoms with E-state index in [0.29, 0.717) is 13.1 Å². The molecule has 0 fully saturated rings. The standard InChI is InChI=1S/C14H19N5O3/c1-3-19-12(4-6-15-19)10-17(2)13(20)5-7-18-9-11(8-16-18)14(21)22/h4,6,8-9H,3,5,7,10H2,1-2H3,(H,21,22). The minimum Gasteiger partial charge on any atom is -0.478 e. The summed E-state index contributed by atoms with van der Waals surface area (Å²) < 4.78 is 3.31. The van der Waals surface area contributed by atoms with Crippen molar-refractivity contribution in [2.24, 2.45) is 0 Å². The number of carbonyl (C=O) groups excluding carboxylic acids is 1. The molecule has 8 heteroatoms. The van der Waals surface area contributed by atoms with Crippen LogP contribution in [0.15, 0.2) is 24.7 Å². The summed E-state index contributed by atoms with van der Waals surface area (Å²) >= 11 is 0. The highest BCUT2D eigenvalue weighted by molar-refractivity contribution is 5.86. The Morgan fingerprint density at radius 1 is 1.36 bits per heavy atom. The van der Waals surface area contributed by atoms with E-state index in [-0.39, 0.29) is 17.9 Å².